The summed E-state index contributed by atoms with van der Waals surface area (Å²) >= 11 is 6.15. The molecule has 43 heavy (non-hydrogen) atoms. The second-order valence-electron chi connectivity index (χ2n) is 9.79. The molecule has 0 aliphatic carbocycles. The number of benzene rings is 3. The summed E-state index contributed by atoms with van der Waals surface area (Å²) < 4.78 is 7.38. The van der Waals surface area contributed by atoms with E-state index in [-0.39, 0.29) is 42.8 Å². The number of nitrogens with one attached hydrogen (secondary N) is 3. The van der Waals surface area contributed by atoms with E-state index in [1.165, 1.54) is 12.1 Å². The molecule has 0 spiro atoms. The van der Waals surface area contributed by atoms with Crippen LogP contribution in [0.4, 0.5) is 5.69 Å². The van der Waals surface area contributed by atoms with E-state index in [0.717, 1.165) is 16.8 Å². The van der Waals surface area contributed by atoms with Gasteiger partial charge in [-0.05, 0) is 49.4 Å². The summed E-state index contributed by atoms with van der Waals surface area (Å²) in [5, 5.41) is 36.6. The first-order chi connectivity index (χ1) is 20.7. The van der Waals surface area contributed by atoms with Gasteiger partial charge in [-0.2, -0.15) is 0 Å². The highest BCUT2D eigenvalue weighted by molar-refractivity contribution is 6.30. The maximum absolute atomic E-state index is 13.1. The fourth-order valence-corrected chi connectivity index (χ4v) is 4.83. The fraction of sp³-hybridized carbons (Fsp3) is 0.233. The molecule has 4 aromatic rings. The highest BCUT2D eigenvalue weighted by Gasteiger charge is 2.30. The van der Waals surface area contributed by atoms with Crippen LogP contribution in [-0.4, -0.2) is 69.2 Å². The third-order valence-electron chi connectivity index (χ3n) is 6.83. The van der Waals surface area contributed by atoms with Crippen LogP contribution < -0.4 is 20.7 Å². The van der Waals surface area contributed by atoms with Gasteiger partial charge in [0, 0.05) is 41.0 Å². The molecule has 0 bridgehead atoms. The Kier molecular flexibility index (Phi) is 8.77. The van der Waals surface area contributed by atoms with E-state index in [4.69, 9.17) is 21.3 Å². The Morgan fingerprint density at radius 3 is 2.49 bits per heavy atom. The van der Waals surface area contributed by atoms with Crippen molar-refractivity contribution in [2.45, 2.75) is 19.4 Å². The smallest absolute Gasteiger partial charge is 0.239 e. The SMILES string of the molecule is COc1ccc2c(c1)C(c1ccc(Cl)cc1)=N[C@@H](CC(=O)NCC(=O)NCCNc1ccc(O)c(O)c1)c1nnc(C)n1-2. The molecule has 0 saturated heterocycles. The average Bonchev–Trinajstić information content (AvgIpc) is 3.33. The predicted octanol–water partition coefficient (Wildman–Crippen LogP) is 3.28. The largest absolute Gasteiger partial charge is 0.504 e. The van der Waals surface area contributed by atoms with Gasteiger partial charge in [-0.15, -0.1) is 10.2 Å². The van der Waals surface area contributed by atoms with Gasteiger partial charge in [0.2, 0.25) is 11.8 Å². The number of phenols is 2. The lowest BCUT2D eigenvalue weighted by Crippen LogP contribution is -2.39. The van der Waals surface area contributed by atoms with Gasteiger partial charge in [-0.25, -0.2) is 0 Å². The number of aliphatic imine (C=N–C) groups is 1. The molecule has 2 amide bonds. The Morgan fingerprint density at radius 1 is 0.953 bits per heavy atom. The van der Waals surface area contributed by atoms with E-state index in [0.29, 0.717) is 40.4 Å². The van der Waals surface area contributed by atoms with Crippen LogP contribution in [-0.2, 0) is 9.59 Å². The molecule has 13 heteroatoms. The van der Waals surface area contributed by atoms with E-state index < -0.39 is 6.04 Å². The summed E-state index contributed by atoms with van der Waals surface area (Å²) in [5.41, 5.74) is 3.61. The van der Waals surface area contributed by atoms with Crippen molar-refractivity contribution in [3.63, 3.8) is 0 Å². The van der Waals surface area contributed by atoms with Gasteiger partial charge in [0.25, 0.3) is 0 Å². The Labute approximate surface area is 252 Å². The topological polar surface area (TPSA) is 163 Å². The summed E-state index contributed by atoms with van der Waals surface area (Å²) in [6, 6.07) is 16.6. The number of hydrogen-bond donors (Lipinski definition) is 5. The van der Waals surface area contributed by atoms with Crippen LogP contribution in [0.3, 0.4) is 0 Å². The first-order valence-corrected chi connectivity index (χ1v) is 13.8. The number of halogens is 1. The van der Waals surface area contributed by atoms with Crippen LogP contribution in [0, 0.1) is 6.92 Å². The third kappa shape index (κ3) is 6.70. The van der Waals surface area contributed by atoms with Crippen molar-refractivity contribution in [1.29, 1.82) is 0 Å². The monoisotopic (exact) mass is 603 g/mol. The predicted molar refractivity (Wildman–Crippen MR) is 161 cm³/mol. The standard InChI is InChI=1S/C30H30ClN7O5/c1-17-36-37-30-23(15-27(41)34-16-28(42)33-12-11-32-20-7-10-25(39)26(40)13-20)35-29(18-3-5-19(31)6-4-18)22-14-21(43-2)8-9-24(22)38(17)30/h3-10,13-14,23,32,39-40H,11-12,15-16H2,1-2H3,(H,33,42)(H,34,41)/t23-/m0/s1. The van der Waals surface area contributed by atoms with Crippen molar-refractivity contribution in [2.24, 2.45) is 4.99 Å². The molecule has 1 atom stereocenters. The van der Waals surface area contributed by atoms with E-state index in [9.17, 15) is 19.8 Å². The van der Waals surface area contributed by atoms with Crippen molar-refractivity contribution < 1.29 is 24.5 Å². The van der Waals surface area contributed by atoms with Crippen molar-refractivity contribution in [1.82, 2.24) is 25.4 Å². The number of carbonyl (C=O) groups excluding carboxylic acids is 2. The van der Waals surface area contributed by atoms with Crippen LogP contribution in [0.1, 0.15) is 35.2 Å². The number of aryl methyl sites for hydroxylation is 1. The second kappa shape index (κ2) is 12.8. The van der Waals surface area contributed by atoms with Crippen molar-refractivity contribution in [3.8, 4) is 22.9 Å². The Balaban J connectivity index is 1.28. The summed E-state index contributed by atoms with van der Waals surface area (Å²) in [4.78, 5) is 30.5. The maximum atomic E-state index is 13.1. The van der Waals surface area contributed by atoms with Crippen molar-refractivity contribution in [3.05, 3.63) is 88.5 Å². The number of aromatic nitrogens is 3. The number of nitrogens with zero attached hydrogens (tertiary/aromatic N) is 4. The molecule has 0 radical (unpaired) electrons. The van der Waals surface area contributed by atoms with Gasteiger partial charge in [0.1, 0.15) is 17.6 Å². The van der Waals surface area contributed by atoms with Crippen molar-refractivity contribution >= 4 is 34.8 Å². The summed E-state index contributed by atoms with van der Waals surface area (Å²) in [6.45, 7) is 2.26. The summed E-state index contributed by atoms with van der Waals surface area (Å²) in [6.07, 6.45) is -0.0699. The number of aromatic hydroxyl groups is 2. The molecule has 1 aromatic heterocycles. The van der Waals surface area contributed by atoms with Gasteiger partial charge in [-0.3, -0.25) is 19.1 Å². The highest BCUT2D eigenvalue weighted by Crippen LogP contribution is 2.34. The molecule has 222 valence electrons. The molecule has 0 fully saturated rings. The minimum Gasteiger partial charge on any atom is -0.504 e. The van der Waals surface area contributed by atoms with Gasteiger partial charge in [-0.1, -0.05) is 23.7 Å². The second-order valence-corrected chi connectivity index (χ2v) is 10.2. The molecule has 1 aliphatic heterocycles. The summed E-state index contributed by atoms with van der Waals surface area (Å²) in [7, 11) is 1.59. The fourth-order valence-electron chi connectivity index (χ4n) is 4.71. The molecule has 0 unspecified atom stereocenters. The zero-order valence-corrected chi connectivity index (χ0v) is 24.2. The number of rotatable bonds is 10. The molecular formula is C30H30ClN7O5. The summed E-state index contributed by atoms with van der Waals surface area (Å²) in [5.74, 6) is 0.568. The Hall–Kier alpha value is -5.10. The number of methoxy groups -OCH3 is 1. The van der Waals surface area contributed by atoms with E-state index in [1.807, 2.05) is 41.8 Å². The first-order valence-electron chi connectivity index (χ1n) is 13.5. The molecule has 3 aromatic carbocycles. The Morgan fingerprint density at radius 2 is 1.74 bits per heavy atom. The van der Waals surface area contributed by atoms with Gasteiger partial charge in [0.15, 0.2) is 17.3 Å². The zero-order valence-electron chi connectivity index (χ0n) is 23.5. The third-order valence-corrected chi connectivity index (χ3v) is 7.08. The van der Waals surface area contributed by atoms with E-state index in [2.05, 4.69) is 26.1 Å². The molecular weight excluding hydrogens is 574 g/mol. The van der Waals surface area contributed by atoms with Gasteiger partial charge >= 0.3 is 0 Å². The number of fused-ring (bicyclic) bond motifs is 3. The first kappa shape index (κ1) is 29.4. The molecule has 1 aliphatic rings. The van der Waals surface area contributed by atoms with E-state index in [1.54, 1.807) is 25.3 Å². The van der Waals surface area contributed by atoms with Crippen LogP contribution >= 0.6 is 11.6 Å². The minimum absolute atomic E-state index is 0.0699. The lowest BCUT2D eigenvalue weighted by atomic mass is 10.00. The normalized spacial score (nSPS) is 13.7. The zero-order chi connectivity index (χ0) is 30.5. The van der Waals surface area contributed by atoms with E-state index >= 15 is 0 Å². The molecule has 12 nitrogen and oxygen atoms in total. The number of phenolic OH excluding ortho intramolecular Hbond substituents is 2. The lowest BCUT2D eigenvalue weighted by molar-refractivity contribution is -0.126. The van der Waals surface area contributed by atoms with Gasteiger partial charge < -0.3 is 30.9 Å². The van der Waals surface area contributed by atoms with Crippen LogP contribution in [0.5, 0.6) is 17.2 Å². The number of hydrogen-bond acceptors (Lipinski definition) is 9. The van der Waals surface area contributed by atoms with Crippen LogP contribution in [0.25, 0.3) is 5.69 Å². The number of anilines is 1. The number of ether oxygens (including phenoxy) is 1. The van der Waals surface area contributed by atoms with Crippen molar-refractivity contribution in [2.75, 3.05) is 32.1 Å². The quantitative estimate of drug-likeness (QED) is 0.105. The van der Waals surface area contributed by atoms with Gasteiger partial charge in [0.05, 0.1) is 31.5 Å². The lowest BCUT2D eigenvalue weighted by Gasteiger charge is -2.14. The average molecular weight is 604 g/mol. The highest BCUT2D eigenvalue weighted by atomic mass is 35.5. The minimum atomic E-state index is -0.695. The number of amides is 2. The number of carbonyl (C=O) groups is 2. The molecule has 5 rings (SSSR count). The van der Waals surface area contributed by atoms with Crippen LogP contribution in [0.2, 0.25) is 5.02 Å². The maximum Gasteiger partial charge on any atom is 0.239 e. The Bertz CT molecular complexity index is 1690. The molecule has 0 saturated carbocycles. The molecule has 5 N–H and O–H groups in total. The molecule has 2 heterocycles. The van der Waals surface area contributed by atoms with Crippen LogP contribution in [0.15, 0.2) is 65.7 Å².